The van der Waals surface area contributed by atoms with E-state index in [-0.39, 0.29) is 5.56 Å². The highest BCUT2D eigenvalue weighted by Gasteiger charge is 2.22. The topological polar surface area (TPSA) is 92.7 Å². The lowest BCUT2D eigenvalue weighted by molar-refractivity contribution is 0.415. The third-order valence-electron chi connectivity index (χ3n) is 5.41. The Kier molecular flexibility index (Phi) is 6.03. The fraction of sp³-hybridized carbons (Fsp3) is 0.174. The Balaban J connectivity index is 1.39. The zero-order valence-corrected chi connectivity index (χ0v) is 20.4. The minimum Gasteiger partial charge on any atom is -0.497 e. The zero-order chi connectivity index (χ0) is 23.7. The number of tetrazole rings is 1. The Morgan fingerprint density at radius 2 is 1.85 bits per heavy atom. The highest BCUT2D eigenvalue weighted by atomic mass is 32.2. The highest BCUT2D eigenvalue weighted by Crippen LogP contribution is 2.29. The summed E-state index contributed by atoms with van der Waals surface area (Å²) in [5, 5.41) is 15.6. The molecule has 0 atom stereocenters. The van der Waals surface area contributed by atoms with Crippen LogP contribution in [0.1, 0.15) is 11.4 Å². The molecule has 34 heavy (non-hydrogen) atoms. The molecule has 0 unspecified atom stereocenters. The van der Waals surface area contributed by atoms with E-state index in [0.717, 1.165) is 33.4 Å². The normalized spacial score (nSPS) is 11.1. The molecule has 5 rings (SSSR count). The minimum atomic E-state index is -0.184. The van der Waals surface area contributed by atoms with Gasteiger partial charge in [0.25, 0.3) is 5.56 Å². The van der Waals surface area contributed by atoms with Crippen LogP contribution >= 0.6 is 23.1 Å². The Morgan fingerprint density at radius 3 is 2.59 bits per heavy atom. The molecule has 3 heterocycles. The van der Waals surface area contributed by atoms with Crippen molar-refractivity contribution in [1.82, 2.24) is 34.6 Å². The average Bonchev–Trinajstić information content (AvgIpc) is 3.57. The summed E-state index contributed by atoms with van der Waals surface area (Å²) in [5.74, 6) is 1.39. The first-order valence-electron chi connectivity index (χ1n) is 10.4. The van der Waals surface area contributed by atoms with E-state index >= 15 is 0 Å². The summed E-state index contributed by atoms with van der Waals surface area (Å²) in [4.78, 5) is 18.1. The van der Waals surface area contributed by atoms with E-state index in [2.05, 4.69) is 15.5 Å². The molecule has 0 saturated heterocycles. The van der Waals surface area contributed by atoms with E-state index in [4.69, 9.17) is 9.72 Å². The van der Waals surface area contributed by atoms with Crippen LogP contribution in [-0.2, 0) is 12.8 Å². The number of aromatic nitrogens is 7. The van der Waals surface area contributed by atoms with Crippen molar-refractivity contribution in [2.45, 2.75) is 17.8 Å². The molecule has 0 aliphatic heterocycles. The van der Waals surface area contributed by atoms with Crippen LogP contribution in [-0.4, -0.2) is 41.7 Å². The molecular formula is C23H21N7O2S2. The number of methoxy groups -OCH3 is 1. The van der Waals surface area contributed by atoms with Gasteiger partial charge in [0.1, 0.15) is 10.8 Å². The Hall–Kier alpha value is -3.70. The number of rotatable bonds is 7. The van der Waals surface area contributed by atoms with Gasteiger partial charge in [-0.3, -0.25) is 9.48 Å². The van der Waals surface area contributed by atoms with Crippen molar-refractivity contribution in [1.29, 1.82) is 0 Å². The lowest BCUT2D eigenvalue weighted by Crippen LogP contribution is -2.22. The zero-order valence-electron chi connectivity index (χ0n) is 18.7. The predicted octanol–water partition coefficient (Wildman–Crippen LogP) is 3.88. The third-order valence-corrected chi connectivity index (χ3v) is 7.31. The lowest BCUT2D eigenvalue weighted by atomic mass is 10.2. The van der Waals surface area contributed by atoms with E-state index in [1.165, 1.54) is 16.4 Å². The number of ether oxygens (including phenoxy) is 1. The van der Waals surface area contributed by atoms with Crippen LogP contribution < -0.4 is 10.3 Å². The van der Waals surface area contributed by atoms with Crippen molar-refractivity contribution in [3.8, 4) is 27.7 Å². The van der Waals surface area contributed by atoms with Gasteiger partial charge in [0, 0.05) is 23.7 Å². The van der Waals surface area contributed by atoms with Gasteiger partial charge in [-0.15, -0.1) is 16.4 Å². The molecular weight excluding hydrogens is 470 g/mol. The summed E-state index contributed by atoms with van der Waals surface area (Å²) in [6.07, 6.45) is 0. The van der Waals surface area contributed by atoms with Gasteiger partial charge < -0.3 is 4.74 Å². The molecule has 0 fully saturated rings. The number of hydrogen-bond acceptors (Lipinski definition) is 8. The molecule has 0 amide bonds. The summed E-state index contributed by atoms with van der Waals surface area (Å²) < 4.78 is 10.2. The summed E-state index contributed by atoms with van der Waals surface area (Å²) in [7, 11) is 3.50. The van der Waals surface area contributed by atoms with Crippen molar-refractivity contribution in [3.63, 3.8) is 0 Å². The maximum Gasteiger partial charge on any atom is 0.297 e. The number of hydrogen-bond donors (Lipinski definition) is 0. The number of benzene rings is 2. The largest absolute Gasteiger partial charge is 0.497 e. The van der Waals surface area contributed by atoms with Crippen LogP contribution in [0, 0.1) is 6.92 Å². The Bertz CT molecular complexity index is 1480. The van der Waals surface area contributed by atoms with Gasteiger partial charge >= 0.3 is 0 Å². The van der Waals surface area contributed by atoms with Gasteiger partial charge in [0.15, 0.2) is 5.69 Å². The van der Waals surface area contributed by atoms with Crippen LogP contribution in [0.5, 0.6) is 5.75 Å². The van der Waals surface area contributed by atoms with Crippen molar-refractivity contribution in [2.24, 2.45) is 7.05 Å². The van der Waals surface area contributed by atoms with Crippen molar-refractivity contribution < 1.29 is 4.74 Å². The fourth-order valence-electron chi connectivity index (χ4n) is 3.59. The summed E-state index contributed by atoms with van der Waals surface area (Å²) in [5.41, 5.74) is 3.74. The summed E-state index contributed by atoms with van der Waals surface area (Å²) >= 11 is 3.02. The van der Waals surface area contributed by atoms with E-state index in [9.17, 15) is 4.79 Å². The van der Waals surface area contributed by atoms with Gasteiger partial charge in [-0.2, -0.15) is 4.68 Å². The van der Waals surface area contributed by atoms with E-state index < -0.39 is 0 Å². The van der Waals surface area contributed by atoms with Gasteiger partial charge in [-0.05, 0) is 53.7 Å². The second-order valence-corrected chi connectivity index (χ2v) is 9.25. The quantitative estimate of drug-likeness (QED) is 0.319. The number of thiazole rings is 1. The molecule has 9 nitrogen and oxygen atoms in total. The maximum absolute atomic E-state index is 13.3. The van der Waals surface area contributed by atoms with Crippen LogP contribution in [0.4, 0.5) is 0 Å². The smallest absolute Gasteiger partial charge is 0.297 e. The van der Waals surface area contributed by atoms with E-state index in [0.29, 0.717) is 16.6 Å². The van der Waals surface area contributed by atoms with Crippen LogP contribution in [0.2, 0.25) is 0 Å². The number of para-hydroxylation sites is 1. The predicted molar refractivity (Wildman–Crippen MR) is 132 cm³/mol. The number of thioether (sulfide) groups is 1. The van der Waals surface area contributed by atoms with Crippen molar-refractivity contribution in [3.05, 3.63) is 81.7 Å². The standard InChI is InChI=1S/C23H21N7O2S2/c1-15-20(22(31)30(28(15)2)18-7-5-4-6-8-18)29-23(25-26-27-29)34-14-17-13-33-21(24-17)16-9-11-19(32-3)12-10-16/h4-13H,14H2,1-3H3. The van der Waals surface area contributed by atoms with Gasteiger partial charge in [-0.25, -0.2) is 9.67 Å². The average molecular weight is 492 g/mol. The molecule has 0 N–H and O–H groups in total. The molecule has 0 bridgehead atoms. The molecule has 5 aromatic rings. The molecule has 2 aromatic carbocycles. The first kappa shape index (κ1) is 22.1. The molecule has 3 aromatic heterocycles. The van der Waals surface area contributed by atoms with Crippen molar-refractivity contribution in [2.75, 3.05) is 7.11 Å². The first-order valence-corrected chi connectivity index (χ1v) is 12.3. The molecule has 172 valence electrons. The first-order chi connectivity index (χ1) is 16.6. The second kappa shape index (κ2) is 9.27. The van der Waals surface area contributed by atoms with Crippen LogP contribution in [0.25, 0.3) is 21.9 Å². The van der Waals surface area contributed by atoms with E-state index in [1.54, 1.807) is 23.1 Å². The molecule has 0 spiro atoms. The third kappa shape index (κ3) is 4.03. The van der Waals surface area contributed by atoms with Crippen LogP contribution in [0.15, 0.2) is 69.9 Å². The summed E-state index contributed by atoms with van der Waals surface area (Å²) in [6.45, 7) is 1.88. The Labute approximate surface area is 203 Å². The SMILES string of the molecule is COc1ccc(-c2nc(CSc3nnnn3-c3c(C)n(C)n(-c4ccccc4)c3=O)cs2)cc1. The van der Waals surface area contributed by atoms with Gasteiger partial charge in [0.05, 0.1) is 24.2 Å². The second-order valence-electron chi connectivity index (χ2n) is 7.44. The molecule has 0 aliphatic rings. The summed E-state index contributed by atoms with van der Waals surface area (Å²) in [6, 6.07) is 17.3. The monoisotopic (exact) mass is 491 g/mol. The molecule has 11 heteroatoms. The van der Waals surface area contributed by atoms with Crippen LogP contribution in [0.3, 0.4) is 0 Å². The minimum absolute atomic E-state index is 0.184. The van der Waals surface area contributed by atoms with Gasteiger partial charge in [-0.1, -0.05) is 30.0 Å². The van der Waals surface area contributed by atoms with Gasteiger partial charge in [0.2, 0.25) is 5.16 Å². The highest BCUT2D eigenvalue weighted by molar-refractivity contribution is 7.98. The molecule has 0 saturated carbocycles. The molecule has 0 radical (unpaired) electrons. The number of nitrogens with zero attached hydrogens (tertiary/aromatic N) is 7. The van der Waals surface area contributed by atoms with E-state index in [1.807, 2.05) is 78.6 Å². The van der Waals surface area contributed by atoms with Crippen molar-refractivity contribution >= 4 is 23.1 Å². The maximum atomic E-state index is 13.3. The Morgan fingerprint density at radius 1 is 1.09 bits per heavy atom. The fourth-order valence-corrected chi connectivity index (χ4v) is 5.29. The molecule has 0 aliphatic carbocycles. The lowest BCUT2D eigenvalue weighted by Gasteiger charge is -2.07.